The lowest BCUT2D eigenvalue weighted by Crippen LogP contribution is -2.32. The number of hydrazone groups is 1. The predicted molar refractivity (Wildman–Crippen MR) is 136 cm³/mol. The first kappa shape index (κ1) is 25.9. The van der Waals surface area contributed by atoms with Crippen LogP contribution in [-0.4, -0.2) is 24.6 Å². The fourth-order valence-electron chi connectivity index (χ4n) is 3.02. The number of carbonyl (C=O) groups is 2. The number of benzene rings is 3. The Balaban J connectivity index is 1.64. The molecule has 0 aliphatic carbocycles. The second kappa shape index (κ2) is 12.1. The molecule has 0 aliphatic rings. The van der Waals surface area contributed by atoms with Crippen molar-refractivity contribution in [3.63, 3.8) is 0 Å². The van der Waals surface area contributed by atoms with E-state index in [4.69, 9.17) is 9.47 Å². The molecule has 0 atom stereocenters. The number of hydrogen-bond acceptors (Lipinski definition) is 5. The van der Waals surface area contributed by atoms with E-state index in [1.165, 1.54) is 18.3 Å². The molecule has 0 fully saturated rings. The molecule has 0 saturated carbocycles. The van der Waals surface area contributed by atoms with Crippen LogP contribution < -0.4 is 20.2 Å². The molecule has 0 aromatic heterocycles. The highest BCUT2D eigenvalue weighted by molar-refractivity contribution is 9.10. The summed E-state index contributed by atoms with van der Waals surface area (Å²) in [6.45, 7) is 6.34. The number of ether oxygens (including phenoxy) is 2. The maximum atomic E-state index is 13.1. The van der Waals surface area contributed by atoms with Crippen molar-refractivity contribution in [2.24, 2.45) is 5.10 Å². The minimum Gasteiger partial charge on any atom is -0.490 e. The molecule has 9 heteroatoms. The maximum Gasteiger partial charge on any atom is 0.329 e. The smallest absolute Gasteiger partial charge is 0.329 e. The molecule has 3 aromatic carbocycles. The Bertz CT molecular complexity index is 1250. The van der Waals surface area contributed by atoms with Crippen molar-refractivity contribution >= 4 is 39.6 Å². The van der Waals surface area contributed by atoms with Crippen LogP contribution in [-0.2, 0) is 16.2 Å². The molecule has 0 spiro atoms. The quantitative estimate of drug-likeness (QED) is 0.231. The van der Waals surface area contributed by atoms with Crippen LogP contribution in [0.3, 0.4) is 0 Å². The summed E-state index contributed by atoms with van der Waals surface area (Å²) in [7, 11) is 0. The van der Waals surface area contributed by atoms with Gasteiger partial charge >= 0.3 is 11.8 Å². The molecule has 2 amide bonds. The van der Waals surface area contributed by atoms with Gasteiger partial charge in [0, 0.05) is 5.69 Å². The molecule has 3 aromatic rings. The van der Waals surface area contributed by atoms with Crippen LogP contribution in [0.25, 0.3) is 0 Å². The average molecular weight is 542 g/mol. The van der Waals surface area contributed by atoms with Crippen molar-refractivity contribution < 1.29 is 23.5 Å². The first-order chi connectivity index (χ1) is 16.8. The predicted octanol–water partition coefficient (Wildman–Crippen LogP) is 5.27. The second-order valence-electron chi connectivity index (χ2n) is 7.63. The van der Waals surface area contributed by atoms with Gasteiger partial charge in [0.1, 0.15) is 12.4 Å². The first-order valence-corrected chi connectivity index (χ1v) is 11.6. The Labute approximate surface area is 211 Å². The van der Waals surface area contributed by atoms with Gasteiger partial charge in [0.05, 0.1) is 17.3 Å². The summed E-state index contributed by atoms with van der Waals surface area (Å²) < 4.78 is 25.3. The SMILES string of the molecule is CCOc1cc(C=NNC(=O)C(=O)Nc2ccc(C)c(C)c2)cc(Br)c1OCc1ccc(F)cc1. The number of amides is 2. The van der Waals surface area contributed by atoms with Crippen LogP contribution in [0.2, 0.25) is 0 Å². The zero-order valence-electron chi connectivity index (χ0n) is 19.5. The van der Waals surface area contributed by atoms with Gasteiger partial charge in [-0.1, -0.05) is 18.2 Å². The molecular weight excluding hydrogens is 517 g/mol. The third kappa shape index (κ3) is 7.38. The topological polar surface area (TPSA) is 89.0 Å². The van der Waals surface area contributed by atoms with Crippen molar-refractivity contribution in [3.05, 3.63) is 87.1 Å². The van der Waals surface area contributed by atoms with E-state index >= 15 is 0 Å². The summed E-state index contributed by atoms with van der Waals surface area (Å²) in [6.07, 6.45) is 1.39. The third-order valence-electron chi connectivity index (χ3n) is 4.98. The zero-order valence-corrected chi connectivity index (χ0v) is 21.1. The fourth-order valence-corrected chi connectivity index (χ4v) is 3.60. The molecule has 0 heterocycles. The van der Waals surface area contributed by atoms with Gasteiger partial charge in [-0.15, -0.1) is 0 Å². The molecule has 0 saturated heterocycles. The number of anilines is 1. The summed E-state index contributed by atoms with van der Waals surface area (Å²) in [6, 6.07) is 14.8. The average Bonchev–Trinajstić information content (AvgIpc) is 2.82. The summed E-state index contributed by atoms with van der Waals surface area (Å²) in [4.78, 5) is 24.2. The second-order valence-corrected chi connectivity index (χ2v) is 8.48. The maximum absolute atomic E-state index is 13.1. The number of nitrogens with zero attached hydrogens (tertiary/aromatic N) is 1. The van der Waals surface area contributed by atoms with E-state index in [0.717, 1.165) is 16.7 Å². The lowest BCUT2D eigenvalue weighted by Gasteiger charge is -2.14. The highest BCUT2D eigenvalue weighted by Crippen LogP contribution is 2.37. The molecule has 7 nitrogen and oxygen atoms in total. The van der Waals surface area contributed by atoms with E-state index < -0.39 is 11.8 Å². The zero-order chi connectivity index (χ0) is 25.4. The van der Waals surface area contributed by atoms with Gasteiger partial charge < -0.3 is 14.8 Å². The molecule has 0 bridgehead atoms. The number of halogens is 2. The van der Waals surface area contributed by atoms with Gasteiger partial charge in [-0.05, 0) is 95.4 Å². The van der Waals surface area contributed by atoms with Crippen molar-refractivity contribution in [3.8, 4) is 11.5 Å². The molecule has 182 valence electrons. The van der Waals surface area contributed by atoms with Gasteiger partial charge in [-0.3, -0.25) is 9.59 Å². The summed E-state index contributed by atoms with van der Waals surface area (Å²) in [5, 5.41) is 6.41. The Morgan fingerprint density at radius 3 is 2.43 bits per heavy atom. The van der Waals surface area contributed by atoms with E-state index in [2.05, 4.69) is 31.8 Å². The van der Waals surface area contributed by atoms with Crippen molar-refractivity contribution in [2.75, 3.05) is 11.9 Å². The van der Waals surface area contributed by atoms with Crippen molar-refractivity contribution in [2.45, 2.75) is 27.4 Å². The highest BCUT2D eigenvalue weighted by atomic mass is 79.9. The monoisotopic (exact) mass is 541 g/mol. The summed E-state index contributed by atoms with van der Waals surface area (Å²) in [5.74, 6) is -1.10. The van der Waals surface area contributed by atoms with Gasteiger partial charge in [0.25, 0.3) is 0 Å². The van der Waals surface area contributed by atoms with Crippen LogP contribution in [0.1, 0.15) is 29.2 Å². The normalized spacial score (nSPS) is 10.8. The van der Waals surface area contributed by atoms with Gasteiger partial charge in [0.15, 0.2) is 11.5 Å². The molecule has 2 N–H and O–H groups in total. The molecule has 0 radical (unpaired) electrons. The lowest BCUT2D eigenvalue weighted by atomic mass is 10.1. The van der Waals surface area contributed by atoms with Gasteiger partial charge in [-0.25, -0.2) is 9.82 Å². The Kier molecular flexibility index (Phi) is 8.97. The number of hydrogen-bond donors (Lipinski definition) is 2. The summed E-state index contributed by atoms with van der Waals surface area (Å²) in [5.41, 5.74) is 6.23. The van der Waals surface area contributed by atoms with Crippen LogP contribution in [0.4, 0.5) is 10.1 Å². The first-order valence-electron chi connectivity index (χ1n) is 10.8. The van der Waals surface area contributed by atoms with Crippen LogP contribution in [0.5, 0.6) is 11.5 Å². The molecule has 0 aliphatic heterocycles. The van der Waals surface area contributed by atoms with E-state index in [9.17, 15) is 14.0 Å². The summed E-state index contributed by atoms with van der Waals surface area (Å²) >= 11 is 3.47. The standard InChI is InChI=1S/C26H25BrFN3O4/c1-4-34-23-13-19(12-22(27)24(23)35-15-18-6-8-20(28)9-7-18)14-29-31-26(33)25(32)30-21-10-5-16(2)17(3)11-21/h5-14H,4,15H2,1-3H3,(H,30,32)(H,31,33). The number of rotatable bonds is 8. The minimum atomic E-state index is -0.900. The fraction of sp³-hybridized carbons (Fsp3) is 0.192. The largest absolute Gasteiger partial charge is 0.490 e. The van der Waals surface area contributed by atoms with Crippen LogP contribution >= 0.6 is 15.9 Å². The van der Waals surface area contributed by atoms with E-state index in [1.54, 1.807) is 36.4 Å². The van der Waals surface area contributed by atoms with Crippen molar-refractivity contribution in [1.29, 1.82) is 0 Å². The van der Waals surface area contributed by atoms with E-state index in [0.29, 0.717) is 33.8 Å². The molecule has 3 rings (SSSR count). The molecular formula is C26H25BrFN3O4. The Morgan fingerprint density at radius 2 is 1.74 bits per heavy atom. The van der Waals surface area contributed by atoms with E-state index in [-0.39, 0.29) is 12.4 Å². The third-order valence-corrected chi connectivity index (χ3v) is 5.57. The number of nitrogens with one attached hydrogen (secondary N) is 2. The Morgan fingerprint density at radius 1 is 1.00 bits per heavy atom. The van der Waals surface area contributed by atoms with Crippen LogP contribution in [0.15, 0.2) is 64.2 Å². The van der Waals surface area contributed by atoms with E-state index in [1.807, 2.05) is 26.8 Å². The Hall–Kier alpha value is -3.72. The molecule has 0 unspecified atom stereocenters. The van der Waals surface area contributed by atoms with Gasteiger partial charge in [-0.2, -0.15) is 5.10 Å². The number of aryl methyl sites for hydroxylation is 2. The van der Waals surface area contributed by atoms with Crippen LogP contribution in [0, 0.1) is 19.7 Å². The van der Waals surface area contributed by atoms with Crippen molar-refractivity contribution in [1.82, 2.24) is 5.43 Å². The lowest BCUT2D eigenvalue weighted by molar-refractivity contribution is -0.136. The highest BCUT2D eigenvalue weighted by Gasteiger charge is 2.14. The minimum absolute atomic E-state index is 0.220. The number of carbonyl (C=O) groups excluding carboxylic acids is 2. The van der Waals surface area contributed by atoms with Gasteiger partial charge in [0.2, 0.25) is 0 Å². The molecule has 35 heavy (non-hydrogen) atoms.